The van der Waals surface area contributed by atoms with Crippen molar-refractivity contribution in [2.75, 3.05) is 5.32 Å². The summed E-state index contributed by atoms with van der Waals surface area (Å²) in [6, 6.07) is 11.9. The van der Waals surface area contributed by atoms with E-state index in [2.05, 4.69) is 42.0 Å². The first-order valence-corrected chi connectivity index (χ1v) is 9.50. The van der Waals surface area contributed by atoms with Crippen LogP contribution in [-0.2, 0) is 4.79 Å². The van der Waals surface area contributed by atoms with Crippen molar-refractivity contribution in [3.63, 3.8) is 0 Å². The lowest BCUT2D eigenvalue weighted by molar-refractivity contribution is -0.121. The summed E-state index contributed by atoms with van der Waals surface area (Å²) < 4.78 is 0. The van der Waals surface area contributed by atoms with E-state index in [0.717, 1.165) is 42.0 Å². The number of amides is 1. The molecule has 0 spiro atoms. The molecule has 1 aromatic carbocycles. The lowest BCUT2D eigenvalue weighted by atomic mass is 9.74. The SMILES string of the molecule is Cc1cc([C@H]2CC[C@@H]([C@@H](C)C(=O)Nc3ccc(S)cc3)CC2)ccn1. The van der Waals surface area contributed by atoms with E-state index in [1.165, 1.54) is 5.56 Å². The summed E-state index contributed by atoms with van der Waals surface area (Å²) >= 11 is 4.27. The Bertz CT molecular complexity index is 721. The maximum atomic E-state index is 12.6. The Labute approximate surface area is 155 Å². The van der Waals surface area contributed by atoms with E-state index in [0.29, 0.717) is 11.8 Å². The third-order valence-electron chi connectivity index (χ3n) is 5.42. The topological polar surface area (TPSA) is 42.0 Å². The minimum absolute atomic E-state index is 0.0378. The van der Waals surface area contributed by atoms with Gasteiger partial charge in [0, 0.05) is 28.4 Å². The van der Waals surface area contributed by atoms with E-state index in [1.54, 1.807) is 0 Å². The zero-order chi connectivity index (χ0) is 17.8. The molecule has 3 rings (SSSR count). The number of pyridine rings is 1. The van der Waals surface area contributed by atoms with Gasteiger partial charge in [-0.1, -0.05) is 6.92 Å². The second-order valence-electron chi connectivity index (χ2n) is 7.17. The van der Waals surface area contributed by atoms with Gasteiger partial charge in [-0.2, -0.15) is 0 Å². The van der Waals surface area contributed by atoms with Crippen molar-refractivity contribution < 1.29 is 4.79 Å². The Hall–Kier alpha value is -1.81. The fraction of sp³-hybridized carbons (Fsp3) is 0.429. The molecule has 132 valence electrons. The Morgan fingerprint density at radius 3 is 2.48 bits per heavy atom. The van der Waals surface area contributed by atoms with Crippen LogP contribution in [-0.4, -0.2) is 10.9 Å². The summed E-state index contributed by atoms with van der Waals surface area (Å²) in [5.41, 5.74) is 3.32. The van der Waals surface area contributed by atoms with Crippen LogP contribution in [0.4, 0.5) is 5.69 Å². The summed E-state index contributed by atoms with van der Waals surface area (Å²) in [4.78, 5) is 17.7. The monoisotopic (exact) mass is 354 g/mol. The van der Waals surface area contributed by atoms with Gasteiger partial charge < -0.3 is 5.32 Å². The van der Waals surface area contributed by atoms with Gasteiger partial charge in [-0.15, -0.1) is 12.6 Å². The molecule has 0 bridgehead atoms. The Kier molecular flexibility index (Phi) is 5.79. The number of anilines is 1. The summed E-state index contributed by atoms with van der Waals surface area (Å²) in [6.45, 7) is 4.10. The molecule has 3 nitrogen and oxygen atoms in total. The summed E-state index contributed by atoms with van der Waals surface area (Å²) in [7, 11) is 0. The molecule has 1 fully saturated rings. The van der Waals surface area contributed by atoms with Crippen LogP contribution in [0.15, 0.2) is 47.5 Å². The third kappa shape index (κ3) is 4.63. The summed E-state index contributed by atoms with van der Waals surface area (Å²) in [5.74, 6) is 1.23. The first kappa shape index (κ1) is 18.0. The second-order valence-corrected chi connectivity index (χ2v) is 7.68. The van der Waals surface area contributed by atoms with Gasteiger partial charge in [0.2, 0.25) is 5.91 Å². The van der Waals surface area contributed by atoms with Crippen LogP contribution in [0.25, 0.3) is 0 Å². The molecule has 0 radical (unpaired) electrons. The number of nitrogens with one attached hydrogen (secondary N) is 1. The second kappa shape index (κ2) is 8.05. The van der Waals surface area contributed by atoms with Crippen molar-refractivity contribution in [3.05, 3.63) is 53.9 Å². The van der Waals surface area contributed by atoms with Crippen LogP contribution in [0, 0.1) is 18.8 Å². The van der Waals surface area contributed by atoms with E-state index in [9.17, 15) is 4.79 Å². The molecule has 1 aliphatic rings. The number of hydrogen-bond donors (Lipinski definition) is 2. The number of rotatable bonds is 4. The number of nitrogens with zero attached hydrogens (tertiary/aromatic N) is 1. The zero-order valence-electron chi connectivity index (χ0n) is 14.9. The van der Waals surface area contributed by atoms with Crippen LogP contribution in [0.3, 0.4) is 0 Å². The van der Waals surface area contributed by atoms with Gasteiger partial charge in [-0.05, 0) is 86.4 Å². The zero-order valence-corrected chi connectivity index (χ0v) is 15.8. The maximum Gasteiger partial charge on any atom is 0.227 e. The highest BCUT2D eigenvalue weighted by molar-refractivity contribution is 7.80. The largest absolute Gasteiger partial charge is 0.326 e. The average molecular weight is 355 g/mol. The number of aromatic nitrogens is 1. The van der Waals surface area contributed by atoms with Gasteiger partial charge in [0.25, 0.3) is 0 Å². The van der Waals surface area contributed by atoms with Crippen LogP contribution in [0.1, 0.15) is 49.8 Å². The van der Waals surface area contributed by atoms with Crippen molar-refractivity contribution in [1.29, 1.82) is 0 Å². The lowest BCUT2D eigenvalue weighted by Crippen LogP contribution is -2.29. The molecule has 1 amide bonds. The number of hydrogen-bond acceptors (Lipinski definition) is 3. The Morgan fingerprint density at radius 2 is 1.84 bits per heavy atom. The smallest absolute Gasteiger partial charge is 0.227 e. The average Bonchev–Trinajstić information content (AvgIpc) is 2.63. The fourth-order valence-electron chi connectivity index (χ4n) is 3.79. The molecule has 0 unspecified atom stereocenters. The first-order chi connectivity index (χ1) is 12.0. The molecular formula is C21H26N2OS. The molecule has 0 aliphatic heterocycles. The molecule has 1 aliphatic carbocycles. The highest BCUT2D eigenvalue weighted by atomic mass is 32.1. The highest BCUT2D eigenvalue weighted by Crippen LogP contribution is 2.39. The van der Waals surface area contributed by atoms with Gasteiger partial charge in [0.05, 0.1) is 0 Å². The molecule has 1 atom stereocenters. The number of carbonyl (C=O) groups is 1. The predicted octanol–water partition coefficient (Wildman–Crippen LogP) is 5.23. The van der Waals surface area contributed by atoms with Crippen LogP contribution >= 0.6 is 12.6 Å². The molecule has 1 aromatic heterocycles. The first-order valence-electron chi connectivity index (χ1n) is 9.05. The molecule has 2 aromatic rings. The normalized spacial score (nSPS) is 21.6. The quantitative estimate of drug-likeness (QED) is 0.739. The van der Waals surface area contributed by atoms with Gasteiger partial charge in [-0.3, -0.25) is 9.78 Å². The minimum Gasteiger partial charge on any atom is -0.326 e. The number of aryl methyl sites for hydroxylation is 1. The van der Waals surface area contributed by atoms with E-state index in [1.807, 2.05) is 37.4 Å². The van der Waals surface area contributed by atoms with Crippen molar-refractivity contribution in [1.82, 2.24) is 4.98 Å². The molecule has 1 saturated carbocycles. The number of benzene rings is 1. The predicted molar refractivity (Wildman–Crippen MR) is 105 cm³/mol. The number of thiol groups is 1. The third-order valence-corrected chi connectivity index (χ3v) is 5.72. The maximum absolute atomic E-state index is 12.6. The molecule has 0 saturated heterocycles. The van der Waals surface area contributed by atoms with E-state index in [4.69, 9.17) is 0 Å². The van der Waals surface area contributed by atoms with Crippen molar-refractivity contribution >= 4 is 24.2 Å². The molecular weight excluding hydrogens is 328 g/mol. The lowest BCUT2D eigenvalue weighted by Gasteiger charge is -2.32. The Balaban J connectivity index is 1.54. The Morgan fingerprint density at radius 1 is 1.16 bits per heavy atom. The molecule has 25 heavy (non-hydrogen) atoms. The molecule has 1 heterocycles. The highest BCUT2D eigenvalue weighted by Gasteiger charge is 2.29. The van der Waals surface area contributed by atoms with Crippen molar-refractivity contribution in [2.24, 2.45) is 11.8 Å². The van der Waals surface area contributed by atoms with E-state index >= 15 is 0 Å². The van der Waals surface area contributed by atoms with Gasteiger partial charge in [0.15, 0.2) is 0 Å². The van der Waals surface area contributed by atoms with E-state index < -0.39 is 0 Å². The summed E-state index contributed by atoms with van der Waals surface area (Å²) in [6.07, 6.45) is 6.43. The van der Waals surface area contributed by atoms with E-state index in [-0.39, 0.29) is 11.8 Å². The van der Waals surface area contributed by atoms with Gasteiger partial charge >= 0.3 is 0 Å². The fourth-order valence-corrected chi connectivity index (χ4v) is 3.94. The van der Waals surface area contributed by atoms with Gasteiger partial charge in [0.1, 0.15) is 0 Å². The minimum atomic E-state index is 0.0378. The van der Waals surface area contributed by atoms with Gasteiger partial charge in [-0.25, -0.2) is 0 Å². The number of carbonyl (C=O) groups excluding carboxylic acids is 1. The summed E-state index contributed by atoms with van der Waals surface area (Å²) in [5, 5.41) is 3.04. The van der Waals surface area contributed by atoms with Crippen molar-refractivity contribution in [3.8, 4) is 0 Å². The molecule has 1 N–H and O–H groups in total. The standard InChI is InChI=1S/C21H26N2OS/c1-14-13-18(11-12-22-14)17-5-3-16(4-6-17)15(2)21(24)23-19-7-9-20(25)10-8-19/h7-13,15-17,25H,3-6H2,1-2H3,(H,23,24)/t15-,16-,17+/m1/s1. The van der Waals surface area contributed by atoms with Crippen LogP contribution < -0.4 is 5.32 Å². The van der Waals surface area contributed by atoms with Crippen LogP contribution in [0.5, 0.6) is 0 Å². The van der Waals surface area contributed by atoms with Crippen molar-refractivity contribution in [2.45, 2.75) is 50.3 Å². The van der Waals surface area contributed by atoms with Crippen LogP contribution in [0.2, 0.25) is 0 Å². The molecule has 4 heteroatoms.